The molecular formula is C15H19N3O2. The predicted octanol–water partition coefficient (Wildman–Crippen LogP) is 2.37. The molecule has 5 nitrogen and oxygen atoms in total. The van der Waals surface area contributed by atoms with Gasteiger partial charge in [-0.05, 0) is 30.5 Å². The maximum Gasteiger partial charge on any atom is 0.343 e. The van der Waals surface area contributed by atoms with E-state index in [-0.39, 0.29) is 17.5 Å². The normalized spacial score (nSPS) is 16.4. The van der Waals surface area contributed by atoms with Crippen molar-refractivity contribution in [2.75, 3.05) is 0 Å². The molecule has 0 radical (unpaired) electrons. The fraction of sp³-hybridized carbons (Fsp3) is 0.467. The van der Waals surface area contributed by atoms with Crippen LogP contribution in [0.15, 0.2) is 29.1 Å². The number of phenols is 1. The number of aromatic hydroxyl groups is 1. The molecule has 1 aliphatic rings. The van der Waals surface area contributed by atoms with Crippen LogP contribution < -0.4 is 5.69 Å². The lowest BCUT2D eigenvalue weighted by Crippen LogP contribution is -2.26. The first-order chi connectivity index (χ1) is 9.74. The fourth-order valence-corrected chi connectivity index (χ4v) is 2.97. The average molecular weight is 273 g/mol. The van der Waals surface area contributed by atoms with E-state index < -0.39 is 0 Å². The predicted molar refractivity (Wildman–Crippen MR) is 75.9 cm³/mol. The van der Waals surface area contributed by atoms with Gasteiger partial charge >= 0.3 is 5.69 Å². The zero-order valence-electron chi connectivity index (χ0n) is 11.4. The molecule has 1 fully saturated rings. The van der Waals surface area contributed by atoms with Crippen molar-refractivity contribution >= 4 is 0 Å². The van der Waals surface area contributed by atoms with Crippen molar-refractivity contribution in [2.24, 2.45) is 0 Å². The summed E-state index contributed by atoms with van der Waals surface area (Å²) in [6.45, 7) is 0. The van der Waals surface area contributed by atoms with Gasteiger partial charge in [0.1, 0.15) is 11.6 Å². The van der Waals surface area contributed by atoms with E-state index in [2.05, 4.69) is 10.2 Å². The number of phenolic OH excluding ortho intramolecular Hbond substituents is 1. The van der Waals surface area contributed by atoms with Gasteiger partial charge in [-0.3, -0.25) is 4.57 Å². The number of rotatable bonds is 3. The van der Waals surface area contributed by atoms with Gasteiger partial charge in [-0.1, -0.05) is 31.4 Å². The third-order valence-electron chi connectivity index (χ3n) is 4.02. The molecule has 1 aromatic carbocycles. The van der Waals surface area contributed by atoms with Crippen molar-refractivity contribution in [2.45, 2.75) is 44.6 Å². The quantitative estimate of drug-likeness (QED) is 0.902. The van der Waals surface area contributed by atoms with Gasteiger partial charge in [0, 0.05) is 12.5 Å². The molecule has 0 amide bonds. The Kier molecular flexibility index (Phi) is 3.58. The molecule has 0 spiro atoms. The largest absolute Gasteiger partial charge is 0.508 e. The van der Waals surface area contributed by atoms with E-state index >= 15 is 0 Å². The number of hydrogen-bond donors (Lipinski definition) is 2. The molecule has 1 heterocycles. The molecule has 1 aromatic heterocycles. The van der Waals surface area contributed by atoms with E-state index in [9.17, 15) is 9.90 Å². The van der Waals surface area contributed by atoms with Crippen LogP contribution in [0.25, 0.3) is 0 Å². The number of H-pyrrole nitrogens is 1. The highest BCUT2D eigenvalue weighted by molar-refractivity contribution is 5.27. The molecule has 0 bridgehead atoms. The Hall–Kier alpha value is -2.04. The molecule has 0 saturated heterocycles. The van der Waals surface area contributed by atoms with Gasteiger partial charge in [0.25, 0.3) is 0 Å². The Morgan fingerprint density at radius 2 is 1.90 bits per heavy atom. The number of nitrogens with zero attached hydrogens (tertiary/aromatic N) is 2. The summed E-state index contributed by atoms with van der Waals surface area (Å²) in [6, 6.07) is 7.32. The van der Waals surface area contributed by atoms with Crippen LogP contribution in [0.1, 0.15) is 49.5 Å². The Bertz CT molecular complexity index is 621. The monoisotopic (exact) mass is 273 g/mol. The molecule has 106 valence electrons. The highest BCUT2D eigenvalue weighted by Crippen LogP contribution is 2.28. The number of hydrogen-bond acceptors (Lipinski definition) is 3. The van der Waals surface area contributed by atoms with Crippen molar-refractivity contribution in [1.29, 1.82) is 0 Å². The maximum absolute atomic E-state index is 12.0. The zero-order chi connectivity index (χ0) is 13.9. The molecule has 0 unspecified atom stereocenters. The minimum absolute atomic E-state index is 0.106. The van der Waals surface area contributed by atoms with Crippen LogP contribution in [-0.4, -0.2) is 19.9 Å². The summed E-state index contributed by atoms with van der Waals surface area (Å²) >= 11 is 0. The molecule has 5 heteroatoms. The number of aromatic nitrogens is 3. The summed E-state index contributed by atoms with van der Waals surface area (Å²) in [4.78, 5) is 12.0. The van der Waals surface area contributed by atoms with Crippen molar-refractivity contribution in [3.63, 3.8) is 0 Å². The molecule has 20 heavy (non-hydrogen) atoms. The minimum Gasteiger partial charge on any atom is -0.508 e. The summed E-state index contributed by atoms with van der Waals surface area (Å²) < 4.78 is 1.83. The van der Waals surface area contributed by atoms with Crippen LogP contribution in [0.5, 0.6) is 5.75 Å². The second-order valence-corrected chi connectivity index (χ2v) is 5.45. The first-order valence-electron chi connectivity index (χ1n) is 7.18. The molecule has 2 aromatic rings. The van der Waals surface area contributed by atoms with E-state index in [1.807, 2.05) is 16.7 Å². The summed E-state index contributed by atoms with van der Waals surface area (Å²) in [5.74, 6) is 1.04. The van der Waals surface area contributed by atoms with Gasteiger partial charge in [-0.15, -0.1) is 0 Å². The van der Waals surface area contributed by atoms with E-state index in [0.717, 1.165) is 24.2 Å². The van der Waals surface area contributed by atoms with Crippen LogP contribution in [0.4, 0.5) is 0 Å². The smallest absolute Gasteiger partial charge is 0.343 e. The summed E-state index contributed by atoms with van der Waals surface area (Å²) in [5, 5.41) is 16.1. The van der Waals surface area contributed by atoms with E-state index in [1.54, 1.807) is 12.1 Å². The molecule has 3 rings (SSSR count). The Balaban J connectivity index is 1.86. The molecule has 2 N–H and O–H groups in total. The van der Waals surface area contributed by atoms with E-state index in [0.29, 0.717) is 6.42 Å². The topological polar surface area (TPSA) is 70.9 Å². The third kappa shape index (κ3) is 2.61. The van der Waals surface area contributed by atoms with Crippen LogP contribution in [0, 0.1) is 0 Å². The maximum atomic E-state index is 12.0. The lowest BCUT2D eigenvalue weighted by molar-refractivity contribution is 0.340. The number of benzene rings is 1. The van der Waals surface area contributed by atoms with Gasteiger partial charge < -0.3 is 5.11 Å². The van der Waals surface area contributed by atoms with E-state index in [1.165, 1.54) is 19.3 Å². The Morgan fingerprint density at radius 1 is 1.20 bits per heavy atom. The standard InChI is InChI=1S/C15H19N3O2/c19-13-8-6-11(7-9-13)10-14-16-17-15(20)18(14)12-4-2-1-3-5-12/h6-9,12,19H,1-5,10H2,(H,17,20). The average Bonchev–Trinajstić information content (AvgIpc) is 2.83. The second kappa shape index (κ2) is 5.53. The molecular weight excluding hydrogens is 254 g/mol. The van der Waals surface area contributed by atoms with Crippen molar-refractivity contribution in [3.05, 3.63) is 46.1 Å². The van der Waals surface area contributed by atoms with Crippen molar-refractivity contribution < 1.29 is 5.11 Å². The number of aromatic amines is 1. The summed E-state index contributed by atoms with van der Waals surface area (Å²) in [7, 11) is 0. The highest BCUT2D eigenvalue weighted by Gasteiger charge is 2.20. The zero-order valence-corrected chi connectivity index (χ0v) is 11.4. The SMILES string of the molecule is O=c1[nH]nc(Cc2ccc(O)cc2)n1C1CCCCC1. The van der Waals surface area contributed by atoms with E-state index in [4.69, 9.17) is 0 Å². The molecule has 1 saturated carbocycles. The molecule has 0 aliphatic heterocycles. The van der Waals surface area contributed by atoms with Gasteiger partial charge in [0.05, 0.1) is 0 Å². The second-order valence-electron chi connectivity index (χ2n) is 5.45. The van der Waals surface area contributed by atoms with Gasteiger partial charge in [-0.2, -0.15) is 5.10 Å². The first kappa shape index (κ1) is 13.0. The van der Waals surface area contributed by atoms with Crippen LogP contribution in [-0.2, 0) is 6.42 Å². The van der Waals surface area contributed by atoms with Crippen LogP contribution >= 0.6 is 0 Å². The van der Waals surface area contributed by atoms with Crippen LogP contribution in [0.2, 0.25) is 0 Å². The lowest BCUT2D eigenvalue weighted by Gasteiger charge is -2.23. The first-order valence-corrected chi connectivity index (χ1v) is 7.18. The van der Waals surface area contributed by atoms with Gasteiger partial charge in [0.2, 0.25) is 0 Å². The van der Waals surface area contributed by atoms with Crippen LogP contribution in [0.3, 0.4) is 0 Å². The summed E-state index contributed by atoms with van der Waals surface area (Å²) in [6.07, 6.45) is 6.35. The van der Waals surface area contributed by atoms with Crippen molar-refractivity contribution in [3.8, 4) is 5.75 Å². The Labute approximate surface area is 117 Å². The summed E-state index contributed by atoms with van der Waals surface area (Å²) in [5.41, 5.74) is 0.935. The van der Waals surface area contributed by atoms with Crippen molar-refractivity contribution in [1.82, 2.24) is 14.8 Å². The molecule has 0 atom stereocenters. The minimum atomic E-state index is -0.106. The molecule has 1 aliphatic carbocycles. The lowest BCUT2D eigenvalue weighted by atomic mass is 9.95. The third-order valence-corrected chi connectivity index (χ3v) is 4.02. The number of nitrogens with one attached hydrogen (secondary N) is 1. The fourth-order valence-electron chi connectivity index (χ4n) is 2.97. The van der Waals surface area contributed by atoms with Gasteiger partial charge in [-0.25, -0.2) is 9.89 Å². The van der Waals surface area contributed by atoms with Gasteiger partial charge in [0.15, 0.2) is 0 Å². The highest BCUT2D eigenvalue weighted by atomic mass is 16.3. The Morgan fingerprint density at radius 3 is 2.60 bits per heavy atom.